The number of hydrogen-bond acceptors (Lipinski definition) is 3. The summed E-state index contributed by atoms with van der Waals surface area (Å²) in [5.41, 5.74) is 3.88. The van der Waals surface area contributed by atoms with Crippen LogP contribution in [0, 0.1) is 5.92 Å². The van der Waals surface area contributed by atoms with Gasteiger partial charge in [-0.05, 0) is 42.0 Å². The van der Waals surface area contributed by atoms with E-state index in [1.807, 2.05) is 18.2 Å². The van der Waals surface area contributed by atoms with E-state index in [2.05, 4.69) is 61.5 Å². The first-order valence-corrected chi connectivity index (χ1v) is 8.22. The third-order valence-corrected chi connectivity index (χ3v) is 3.69. The van der Waals surface area contributed by atoms with E-state index < -0.39 is 0 Å². The van der Waals surface area contributed by atoms with Gasteiger partial charge in [0.1, 0.15) is 11.6 Å². The van der Waals surface area contributed by atoms with Gasteiger partial charge in [0.2, 0.25) is 0 Å². The van der Waals surface area contributed by atoms with Gasteiger partial charge in [0.25, 0.3) is 0 Å². The lowest BCUT2D eigenvalue weighted by molar-refractivity contribution is 0.687. The molecule has 0 unspecified atom stereocenters. The van der Waals surface area contributed by atoms with Gasteiger partial charge in [-0.1, -0.05) is 52.0 Å². The van der Waals surface area contributed by atoms with Crippen molar-refractivity contribution in [2.24, 2.45) is 5.92 Å². The van der Waals surface area contributed by atoms with E-state index in [0.29, 0.717) is 5.92 Å². The fourth-order valence-corrected chi connectivity index (χ4v) is 2.44. The van der Waals surface area contributed by atoms with E-state index >= 15 is 0 Å². The number of benzene rings is 1. The molecule has 1 aromatic carbocycles. The molecule has 3 heteroatoms. The Balaban J connectivity index is 2.22. The molecule has 0 amide bonds. The zero-order chi connectivity index (χ0) is 15.9. The van der Waals surface area contributed by atoms with Crippen LogP contribution < -0.4 is 10.6 Å². The van der Waals surface area contributed by atoms with Crippen LogP contribution in [0.15, 0.2) is 36.4 Å². The molecule has 22 heavy (non-hydrogen) atoms. The van der Waals surface area contributed by atoms with Crippen molar-refractivity contribution in [2.45, 2.75) is 40.5 Å². The number of aryl methyl sites for hydroxylation is 2. The van der Waals surface area contributed by atoms with E-state index in [9.17, 15) is 0 Å². The molecule has 2 N–H and O–H groups in total. The highest BCUT2D eigenvalue weighted by molar-refractivity contribution is 5.66. The van der Waals surface area contributed by atoms with Gasteiger partial charge in [-0.2, -0.15) is 0 Å². The number of nitrogens with zero attached hydrogens (tertiary/aromatic N) is 1. The maximum atomic E-state index is 4.67. The molecular formula is C19H27N3. The summed E-state index contributed by atoms with van der Waals surface area (Å²) in [4.78, 5) is 4.67. The van der Waals surface area contributed by atoms with Crippen LogP contribution in [-0.2, 0) is 12.8 Å². The van der Waals surface area contributed by atoms with Crippen molar-refractivity contribution in [3.8, 4) is 0 Å². The molecule has 0 aliphatic rings. The molecule has 0 aliphatic carbocycles. The molecule has 0 saturated heterocycles. The second-order valence-corrected chi connectivity index (χ2v) is 5.97. The van der Waals surface area contributed by atoms with Gasteiger partial charge >= 0.3 is 0 Å². The number of para-hydroxylation sites is 1. The first-order chi connectivity index (χ1) is 10.6. The van der Waals surface area contributed by atoms with Crippen molar-refractivity contribution in [2.75, 3.05) is 17.2 Å². The van der Waals surface area contributed by atoms with Crippen molar-refractivity contribution >= 4 is 17.3 Å². The lowest BCUT2D eigenvalue weighted by Crippen LogP contribution is -2.10. The van der Waals surface area contributed by atoms with Crippen molar-refractivity contribution in [1.29, 1.82) is 0 Å². The predicted molar refractivity (Wildman–Crippen MR) is 96.0 cm³/mol. The number of nitrogens with one attached hydrogen (secondary N) is 2. The van der Waals surface area contributed by atoms with Crippen molar-refractivity contribution in [1.82, 2.24) is 4.98 Å². The smallest absolute Gasteiger partial charge is 0.132 e. The third-order valence-electron chi connectivity index (χ3n) is 3.69. The fourth-order valence-electron chi connectivity index (χ4n) is 2.44. The van der Waals surface area contributed by atoms with Crippen molar-refractivity contribution in [3.63, 3.8) is 0 Å². The summed E-state index contributed by atoms with van der Waals surface area (Å²) in [5, 5.41) is 6.90. The minimum atomic E-state index is 0.603. The number of pyridine rings is 1. The van der Waals surface area contributed by atoms with Gasteiger partial charge in [-0.15, -0.1) is 0 Å². The minimum absolute atomic E-state index is 0.603. The Morgan fingerprint density at radius 2 is 1.50 bits per heavy atom. The summed E-state index contributed by atoms with van der Waals surface area (Å²) in [6.07, 6.45) is 2.03. The molecule has 2 aromatic rings. The summed E-state index contributed by atoms with van der Waals surface area (Å²) < 4.78 is 0. The molecule has 0 radical (unpaired) electrons. The monoisotopic (exact) mass is 297 g/mol. The largest absolute Gasteiger partial charge is 0.370 e. The summed E-state index contributed by atoms with van der Waals surface area (Å²) in [5.74, 6) is 2.42. The second-order valence-electron chi connectivity index (χ2n) is 5.97. The third kappa shape index (κ3) is 4.23. The van der Waals surface area contributed by atoms with Crippen LogP contribution in [0.1, 0.15) is 38.8 Å². The summed E-state index contributed by atoms with van der Waals surface area (Å²) in [7, 11) is 0. The first-order valence-electron chi connectivity index (χ1n) is 8.22. The first kappa shape index (κ1) is 16.3. The van der Waals surface area contributed by atoms with Gasteiger partial charge in [0, 0.05) is 12.2 Å². The molecule has 118 valence electrons. The van der Waals surface area contributed by atoms with Crippen LogP contribution in [0.3, 0.4) is 0 Å². The predicted octanol–water partition coefficient (Wildman–Crippen LogP) is 5.02. The van der Waals surface area contributed by atoms with Crippen LogP contribution in [0.5, 0.6) is 0 Å². The van der Waals surface area contributed by atoms with Crippen LogP contribution in [-0.4, -0.2) is 11.5 Å². The van der Waals surface area contributed by atoms with E-state index in [-0.39, 0.29) is 0 Å². The summed E-state index contributed by atoms with van der Waals surface area (Å²) in [6.45, 7) is 9.70. The topological polar surface area (TPSA) is 37.0 Å². The molecule has 0 aliphatic heterocycles. The number of hydrogen-bond donors (Lipinski definition) is 2. The average Bonchev–Trinajstić information content (AvgIpc) is 2.53. The minimum Gasteiger partial charge on any atom is -0.370 e. The normalized spacial score (nSPS) is 10.8. The SMILES string of the molecule is CCc1cccc(CC)c1Nc1cccc(NCC(C)C)n1. The molecule has 0 bridgehead atoms. The lowest BCUT2D eigenvalue weighted by atomic mass is 10.0. The van der Waals surface area contributed by atoms with Crippen LogP contribution in [0.2, 0.25) is 0 Å². The highest BCUT2D eigenvalue weighted by Gasteiger charge is 2.07. The van der Waals surface area contributed by atoms with E-state index in [1.165, 1.54) is 16.8 Å². The Hall–Kier alpha value is -2.03. The van der Waals surface area contributed by atoms with Crippen LogP contribution in [0.4, 0.5) is 17.3 Å². The zero-order valence-corrected chi connectivity index (χ0v) is 14.1. The van der Waals surface area contributed by atoms with E-state index in [0.717, 1.165) is 31.0 Å². The standard InChI is InChI=1S/C19H27N3/c1-5-15-9-7-10-16(6-2)19(15)22-18-12-8-11-17(21-18)20-13-14(3)4/h7-12,14H,5-6,13H2,1-4H3,(H2,20,21,22). The van der Waals surface area contributed by atoms with Gasteiger partial charge in [-0.3, -0.25) is 0 Å². The molecule has 0 fully saturated rings. The molecular weight excluding hydrogens is 270 g/mol. The molecule has 0 atom stereocenters. The summed E-state index contributed by atoms with van der Waals surface area (Å²) in [6, 6.07) is 12.6. The van der Waals surface area contributed by atoms with Gasteiger partial charge in [-0.25, -0.2) is 4.98 Å². The Kier molecular flexibility index (Phi) is 5.82. The van der Waals surface area contributed by atoms with Crippen molar-refractivity contribution in [3.05, 3.63) is 47.5 Å². The quantitative estimate of drug-likeness (QED) is 0.753. The maximum Gasteiger partial charge on any atom is 0.132 e. The zero-order valence-electron chi connectivity index (χ0n) is 14.1. The maximum absolute atomic E-state index is 4.67. The van der Waals surface area contributed by atoms with Gasteiger partial charge in [0.15, 0.2) is 0 Å². The Morgan fingerprint density at radius 1 is 0.909 bits per heavy atom. The molecule has 0 saturated carbocycles. The average molecular weight is 297 g/mol. The van der Waals surface area contributed by atoms with E-state index in [1.54, 1.807) is 0 Å². The van der Waals surface area contributed by atoms with Crippen molar-refractivity contribution < 1.29 is 0 Å². The molecule has 3 nitrogen and oxygen atoms in total. The Morgan fingerprint density at radius 3 is 2.09 bits per heavy atom. The second kappa shape index (κ2) is 7.83. The number of anilines is 3. The summed E-state index contributed by atoms with van der Waals surface area (Å²) >= 11 is 0. The number of rotatable bonds is 7. The van der Waals surface area contributed by atoms with Gasteiger partial charge in [0.05, 0.1) is 0 Å². The van der Waals surface area contributed by atoms with E-state index in [4.69, 9.17) is 0 Å². The number of aromatic nitrogens is 1. The molecule has 1 heterocycles. The Bertz CT molecular complexity index is 583. The fraction of sp³-hybridized carbons (Fsp3) is 0.421. The highest BCUT2D eigenvalue weighted by atomic mass is 15.1. The lowest BCUT2D eigenvalue weighted by Gasteiger charge is -2.16. The van der Waals surface area contributed by atoms with Crippen LogP contribution >= 0.6 is 0 Å². The Labute approximate surface area is 134 Å². The van der Waals surface area contributed by atoms with Crippen LogP contribution in [0.25, 0.3) is 0 Å². The molecule has 2 rings (SSSR count). The molecule has 1 aromatic heterocycles. The molecule has 0 spiro atoms. The van der Waals surface area contributed by atoms with Gasteiger partial charge < -0.3 is 10.6 Å². The highest BCUT2D eigenvalue weighted by Crippen LogP contribution is 2.26.